The van der Waals surface area contributed by atoms with E-state index in [0.717, 1.165) is 51.1 Å². The quantitative estimate of drug-likeness (QED) is 0.672. The van der Waals surface area contributed by atoms with Crippen molar-refractivity contribution in [3.05, 3.63) is 0 Å². The van der Waals surface area contributed by atoms with Gasteiger partial charge in [0.05, 0.1) is 0 Å². The van der Waals surface area contributed by atoms with Gasteiger partial charge in [0.25, 0.3) is 0 Å². The molecule has 2 rings (SSSR count). The van der Waals surface area contributed by atoms with E-state index in [4.69, 9.17) is 5.11 Å². The van der Waals surface area contributed by atoms with Crippen LogP contribution in [0.25, 0.3) is 0 Å². The Balaban J connectivity index is 1.55. The van der Waals surface area contributed by atoms with Crippen LogP contribution in [0, 0.1) is 11.8 Å². The van der Waals surface area contributed by atoms with Crippen molar-refractivity contribution in [3.63, 3.8) is 0 Å². The zero-order chi connectivity index (χ0) is 14.4. The standard InChI is InChI=1S/C16H29NO3/c18-15(19)10-4-2-1-3-7-11-17-12-13-8-5-6-9-14(13)16(17)20/h13-14,16,20H,1-12H2,(H,18,19). The number of nitrogens with zero attached hydrogens (tertiary/aromatic N) is 1. The Kier molecular flexibility index (Phi) is 6.30. The minimum absolute atomic E-state index is 0.202. The summed E-state index contributed by atoms with van der Waals surface area (Å²) in [6.45, 7) is 2.10. The number of aliphatic hydroxyl groups excluding tert-OH is 1. The molecule has 0 aromatic rings. The molecule has 0 aromatic carbocycles. The number of fused-ring (bicyclic) bond motifs is 1. The predicted molar refractivity (Wildman–Crippen MR) is 78.4 cm³/mol. The predicted octanol–water partition coefficient (Wildman–Crippen LogP) is 2.85. The monoisotopic (exact) mass is 283 g/mol. The van der Waals surface area contributed by atoms with Crippen molar-refractivity contribution in [2.45, 2.75) is 70.4 Å². The van der Waals surface area contributed by atoms with Gasteiger partial charge in [0.15, 0.2) is 0 Å². The average molecular weight is 283 g/mol. The fraction of sp³-hybridized carbons (Fsp3) is 0.938. The van der Waals surface area contributed by atoms with E-state index < -0.39 is 5.97 Å². The van der Waals surface area contributed by atoms with Crippen molar-refractivity contribution in [2.24, 2.45) is 11.8 Å². The van der Waals surface area contributed by atoms with Crippen LogP contribution in [0.3, 0.4) is 0 Å². The van der Waals surface area contributed by atoms with E-state index in [1.165, 1.54) is 25.7 Å². The molecule has 2 fully saturated rings. The second-order valence-electron chi connectivity index (χ2n) is 6.53. The smallest absolute Gasteiger partial charge is 0.303 e. The van der Waals surface area contributed by atoms with Gasteiger partial charge in [-0.15, -0.1) is 0 Å². The first-order valence-electron chi connectivity index (χ1n) is 8.32. The molecule has 1 saturated heterocycles. The number of carboxylic acid groups (broad SMARTS) is 1. The summed E-state index contributed by atoms with van der Waals surface area (Å²) in [6, 6.07) is 0. The number of hydrogen-bond donors (Lipinski definition) is 2. The molecule has 3 unspecified atom stereocenters. The largest absolute Gasteiger partial charge is 0.481 e. The summed E-state index contributed by atoms with van der Waals surface area (Å²) >= 11 is 0. The first-order chi connectivity index (χ1) is 9.68. The fourth-order valence-corrected chi connectivity index (χ4v) is 3.88. The highest BCUT2D eigenvalue weighted by atomic mass is 16.4. The SMILES string of the molecule is O=C(O)CCCCCCCN1CC2CCCCC2C1O. The second kappa shape index (κ2) is 7.99. The fourth-order valence-electron chi connectivity index (χ4n) is 3.88. The first-order valence-corrected chi connectivity index (χ1v) is 8.32. The van der Waals surface area contributed by atoms with Crippen LogP contribution < -0.4 is 0 Å². The molecule has 0 amide bonds. The Morgan fingerprint density at radius 3 is 2.50 bits per heavy atom. The maximum Gasteiger partial charge on any atom is 0.303 e. The highest BCUT2D eigenvalue weighted by Gasteiger charge is 2.40. The van der Waals surface area contributed by atoms with Crippen molar-refractivity contribution in [1.82, 2.24) is 4.90 Å². The highest BCUT2D eigenvalue weighted by Crippen LogP contribution is 2.39. The van der Waals surface area contributed by atoms with Gasteiger partial charge < -0.3 is 10.2 Å². The third kappa shape index (κ3) is 4.45. The van der Waals surface area contributed by atoms with Crippen LogP contribution >= 0.6 is 0 Å². The third-order valence-corrected chi connectivity index (χ3v) is 5.03. The van der Waals surface area contributed by atoms with Gasteiger partial charge in [-0.1, -0.05) is 32.1 Å². The van der Waals surface area contributed by atoms with Gasteiger partial charge in [-0.05, 0) is 31.6 Å². The van der Waals surface area contributed by atoms with Crippen molar-refractivity contribution < 1.29 is 15.0 Å². The zero-order valence-electron chi connectivity index (χ0n) is 12.5. The zero-order valence-corrected chi connectivity index (χ0v) is 12.5. The molecule has 0 bridgehead atoms. The lowest BCUT2D eigenvalue weighted by Crippen LogP contribution is -2.33. The van der Waals surface area contributed by atoms with Crippen molar-refractivity contribution in [3.8, 4) is 0 Å². The Morgan fingerprint density at radius 1 is 1.05 bits per heavy atom. The van der Waals surface area contributed by atoms with Gasteiger partial charge in [0, 0.05) is 25.4 Å². The molecule has 0 spiro atoms. The number of carboxylic acids is 1. The molecule has 1 saturated carbocycles. The molecule has 1 heterocycles. The Hall–Kier alpha value is -0.610. The van der Waals surface area contributed by atoms with Crippen LogP contribution in [0.5, 0.6) is 0 Å². The number of hydrogen-bond acceptors (Lipinski definition) is 3. The number of rotatable bonds is 8. The number of aliphatic hydroxyl groups is 1. The Labute approximate surface area is 122 Å². The van der Waals surface area contributed by atoms with Gasteiger partial charge in [0.1, 0.15) is 6.23 Å². The van der Waals surface area contributed by atoms with E-state index in [1.54, 1.807) is 0 Å². The summed E-state index contributed by atoms with van der Waals surface area (Å²) in [6.07, 6.45) is 10.4. The number of unbranched alkanes of at least 4 members (excludes halogenated alkanes) is 4. The number of likely N-dealkylation sites (tertiary alicyclic amines) is 1. The van der Waals surface area contributed by atoms with Crippen LogP contribution in [-0.2, 0) is 4.79 Å². The molecule has 2 aliphatic rings. The van der Waals surface area contributed by atoms with Gasteiger partial charge in [-0.25, -0.2) is 0 Å². The van der Waals surface area contributed by atoms with Gasteiger partial charge in [-0.2, -0.15) is 0 Å². The van der Waals surface area contributed by atoms with Crippen molar-refractivity contribution in [2.75, 3.05) is 13.1 Å². The van der Waals surface area contributed by atoms with Gasteiger partial charge in [-0.3, -0.25) is 9.69 Å². The maximum atomic E-state index is 10.4. The van der Waals surface area contributed by atoms with Gasteiger partial charge >= 0.3 is 5.97 Å². The average Bonchev–Trinajstić information content (AvgIpc) is 2.75. The summed E-state index contributed by atoms with van der Waals surface area (Å²) in [5.74, 6) is 0.571. The van der Waals surface area contributed by atoms with Crippen LogP contribution in [0.1, 0.15) is 64.2 Å². The normalized spacial score (nSPS) is 30.4. The molecule has 116 valence electrons. The maximum absolute atomic E-state index is 10.4. The minimum Gasteiger partial charge on any atom is -0.481 e. The van der Waals surface area contributed by atoms with Crippen LogP contribution in [0.2, 0.25) is 0 Å². The third-order valence-electron chi connectivity index (χ3n) is 5.03. The summed E-state index contributed by atoms with van der Waals surface area (Å²) in [5, 5.41) is 18.9. The second-order valence-corrected chi connectivity index (χ2v) is 6.53. The van der Waals surface area contributed by atoms with Crippen LogP contribution in [-0.4, -0.2) is 40.4 Å². The van der Waals surface area contributed by atoms with Crippen molar-refractivity contribution in [1.29, 1.82) is 0 Å². The number of aliphatic carboxylic acids is 1. The first kappa shape index (κ1) is 15.8. The lowest BCUT2D eigenvalue weighted by Gasteiger charge is -2.26. The topological polar surface area (TPSA) is 60.8 Å². The molecular weight excluding hydrogens is 254 g/mol. The van der Waals surface area contributed by atoms with Crippen LogP contribution in [0.15, 0.2) is 0 Å². The van der Waals surface area contributed by atoms with E-state index in [-0.39, 0.29) is 6.23 Å². The van der Waals surface area contributed by atoms with E-state index in [1.807, 2.05) is 0 Å². The van der Waals surface area contributed by atoms with E-state index in [2.05, 4.69) is 4.90 Å². The van der Waals surface area contributed by atoms with E-state index in [9.17, 15) is 9.90 Å². The molecular formula is C16H29NO3. The minimum atomic E-state index is -0.687. The van der Waals surface area contributed by atoms with Crippen molar-refractivity contribution >= 4 is 5.97 Å². The summed E-state index contributed by atoms with van der Waals surface area (Å²) in [7, 11) is 0. The summed E-state index contributed by atoms with van der Waals surface area (Å²) in [4.78, 5) is 12.7. The molecule has 0 aromatic heterocycles. The number of carbonyl (C=O) groups is 1. The molecule has 20 heavy (non-hydrogen) atoms. The van der Waals surface area contributed by atoms with E-state index >= 15 is 0 Å². The summed E-state index contributed by atoms with van der Waals surface area (Å²) < 4.78 is 0. The Morgan fingerprint density at radius 2 is 1.75 bits per heavy atom. The summed E-state index contributed by atoms with van der Waals surface area (Å²) in [5.41, 5.74) is 0. The highest BCUT2D eigenvalue weighted by molar-refractivity contribution is 5.66. The lowest BCUT2D eigenvalue weighted by molar-refractivity contribution is -0.137. The molecule has 2 N–H and O–H groups in total. The molecule has 1 aliphatic carbocycles. The van der Waals surface area contributed by atoms with Crippen LogP contribution in [0.4, 0.5) is 0 Å². The molecule has 0 radical (unpaired) electrons. The van der Waals surface area contributed by atoms with Gasteiger partial charge in [0.2, 0.25) is 0 Å². The molecule has 4 heteroatoms. The molecule has 1 aliphatic heterocycles. The molecule has 4 nitrogen and oxygen atoms in total. The van der Waals surface area contributed by atoms with E-state index in [0.29, 0.717) is 12.3 Å². The lowest BCUT2D eigenvalue weighted by atomic mass is 9.81. The molecule has 3 atom stereocenters. The Bertz CT molecular complexity index is 308.